The summed E-state index contributed by atoms with van der Waals surface area (Å²) in [7, 11) is 1.61. The second-order valence-electron chi connectivity index (χ2n) is 11.0. The summed E-state index contributed by atoms with van der Waals surface area (Å²) in [6.45, 7) is 7.18. The minimum Gasteiger partial charge on any atom is -0.443 e. The number of carbonyl (C=O) groups excluding carboxylic acids is 3. The average molecular weight is 716 g/mol. The minimum atomic E-state index is -1.31. The lowest BCUT2D eigenvalue weighted by Gasteiger charge is -2.25. The van der Waals surface area contributed by atoms with Crippen LogP contribution in [0, 0.1) is 12.8 Å². The number of carbonyl (C=O) groups is 3. The zero-order chi connectivity index (χ0) is 31.1. The fraction of sp³-hybridized carbons (Fsp3) is 0.300. The van der Waals surface area contributed by atoms with E-state index in [1.807, 2.05) is 6.07 Å². The number of hydrogen-bond acceptors (Lipinski definition) is 4. The molecule has 4 rings (SSSR count). The molecule has 222 valence electrons. The van der Waals surface area contributed by atoms with Crippen molar-refractivity contribution < 1.29 is 19.1 Å². The number of anilines is 3. The maximum atomic E-state index is 13.2. The third kappa shape index (κ3) is 7.17. The van der Waals surface area contributed by atoms with Crippen LogP contribution in [0.4, 0.5) is 21.9 Å². The third-order valence-corrected chi connectivity index (χ3v) is 9.13. The Kier molecular flexibility index (Phi) is 9.46. The minimum absolute atomic E-state index is 0.152. The molecule has 3 amide bonds. The molecule has 2 unspecified atom stereocenters. The number of aryl methyl sites for hydroxylation is 1. The highest BCUT2D eigenvalue weighted by molar-refractivity contribution is 9.10. The van der Waals surface area contributed by atoms with Crippen molar-refractivity contribution in [1.29, 1.82) is 0 Å². The maximum absolute atomic E-state index is 13.2. The lowest BCUT2D eigenvalue weighted by molar-refractivity contribution is -0.117. The topological polar surface area (TPSA) is 87.7 Å². The van der Waals surface area contributed by atoms with Crippen LogP contribution in [0.3, 0.4) is 0 Å². The number of ether oxygens (including phenoxy) is 1. The smallest absolute Gasteiger partial charge is 0.414 e. The molecule has 0 spiro atoms. The summed E-state index contributed by atoms with van der Waals surface area (Å²) in [6.07, 6.45) is -0.497. The van der Waals surface area contributed by atoms with Crippen LogP contribution in [0.1, 0.15) is 48.2 Å². The Morgan fingerprint density at radius 2 is 1.64 bits per heavy atom. The van der Waals surface area contributed by atoms with Gasteiger partial charge in [0.2, 0.25) is 5.91 Å². The van der Waals surface area contributed by atoms with E-state index in [1.54, 1.807) is 71.1 Å². The van der Waals surface area contributed by atoms with Gasteiger partial charge in [0.1, 0.15) is 9.93 Å². The molecule has 3 aromatic carbocycles. The number of benzene rings is 3. The van der Waals surface area contributed by atoms with Crippen molar-refractivity contribution in [2.24, 2.45) is 5.92 Å². The molecule has 1 saturated carbocycles. The summed E-state index contributed by atoms with van der Waals surface area (Å²) >= 11 is 28.9. The SMILES string of the molecule is Cc1cc(N(C)C(=O)OC(C)(C)C)ccc1NC(=O)c1cc(NC(=O)C2C(c3ccc(Br)c(Cl)c3)C2(Cl)Cl)ccc1Cl. The number of rotatable bonds is 6. The first-order chi connectivity index (χ1) is 19.5. The predicted molar refractivity (Wildman–Crippen MR) is 174 cm³/mol. The van der Waals surface area contributed by atoms with Crippen molar-refractivity contribution in [1.82, 2.24) is 0 Å². The van der Waals surface area contributed by atoms with Gasteiger partial charge in [0.05, 0.1) is 21.5 Å². The van der Waals surface area contributed by atoms with Crippen molar-refractivity contribution in [2.45, 2.75) is 43.5 Å². The number of halogens is 5. The van der Waals surface area contributed by atoms with Crippen LogP contribution in [0.2, 0.25) is 10.0 Å². The zero-order valence-corrected chi connectivity index (χ0v) is 27.9. The van der Waals surface area contributed by atoms with E-state index in [1.165, 1.54) is 17.0 Å². The molecule has 1 aliphatic rings. The van der Waals surface area contributed by atoms with E-state index in [2.05, 4.69) is 26.6 Å². The molecule has 0 heterocycles. The van der Waals surface area contributed by atoms with Crippen LogP contribution in [-0.2, 0) is 9.53 Å². The monoisotopic (exact) mass is 713 g/mol. The highest BCUT2D eigenvalue weighted by Crippen LogP contribution is 2.65. The van der Waals surface area contributed by atoms with Crippen LogP contribution in [-0.4, -0.2) is 34.9 Å². The maximum Gasteiger partial charge on any atom is 0.414 e. The normalized spacial score (nSPS) is 17.3. The molecule has 7 nitrogen and oxygen atoms in total. The quantitative estimate of drug-likeness (QED) is 0.249. The van der Waals surface area contributed by atoms with Crippen LogP contribution >= 0.6 is 62.3 Å². The lowest BCUT2D eigenvalue weighted by atomic mass is 10.1. The summed E-state index contributed by atoms with van der Waals surface area (Å²) in [6, 6.07) is 15.0. The Morgan fingerprint density at radius 3 is 2.26 bits per heavy atom. The van der Waals surface area contributed by atoms with Gasteiger partial charge in [-0.25, -0.2) is 4.79 Å². The van der Waals surface area contributed by atoms with Gasteiger partial charge in [0.15, 0.2) is 0 Å². The second kappa shape index (κ2) is 12.2. The average Bonchev–Trinajstić information content (AvgIpc) is 3.48. The van der Waals surface area contributed by atoms with E-state index in [-0.39, 0.29) is 10.6 Å². The van der Waals surface area contributed by atoms with Crippen molar-refractivity contribution in [3.63, 3.8) is 0 Å². The van der Waals surface area contributed by atoms with Gasteiger partial charge >= 0.3 is 6.09 Å². The van der Waals surface area contributed by atoms with Gasteiger partial charge in [0, 0.05) is 34.5 Å². The van der Waals surface area contributed by atoms with Gasteiger partial charge < -0.3 is 15.4 Å². The molecule has 2 atom stereocenters. The van der Waals surface area contributed by atoms with E-state index in [4.69, 9.17) is 51.1 Å². The molecule has 0 aromatic heterocycles. The Labute approximate surface area is 272 Å². The van der Waals surface area contributed by atoms with E-state index in [0.717, 1.165) is 10.0 Å². The number of hydrogen-bond donors (Lipinski definition) is 2. The van der Waals surface area contributed by atoms with Gasteiger partial charge in [-0.1, -0.05) is 29.3 Å². The number of alkyl halides is 2. The standard InChI is InChI=1S/C30H28BrCl4N3O4/c1-15-12-18(38(5)28(41)42-29(2,3)4)8-11-23(15)37-26(39)19-14-17(7-10-21(19)32)36-27(40)25-24(30(25,34)35)16-6-9-20(31)22(33)13-16/h6-14,24-25H,1-5H3,(H,36,40)(H,37,39). The zero-order valence-electron chi connectivity index (χ0n) is 23.3. The van der Waals surface area contributed by atoms with Crippen molar-refractivity contribution in [3.05, 3.63) is 85.8 Å². The number of amides is 3. The Balaban J connectivity index is 1.46. The van der Waals surface area contributed by atoms with Gasteiger partial charge in [-0.2, -0.15) is 0 Å². The summed E-state index contributed by atoms with van der Waals surface area (Å²) < 4.78 is 4.82. The summed E-state index contributed by atoms with van der Waals surface area (Å²) in [5.74, 6) is -2.07. The lowest BCUT2D eigenvalue weighted by Crippen LogP contribution is -2.34. The Morgan fingerprint density at radius 1 is 0.952 bits per heavy atom. The van der Waals surface area contributed by atoms with Gasteiger partial charge in [-0.05, 0) is 103 Å². The van der Waals surface area contributed by atoms with Crippen molar-refractivity contribution >= 4 is 97.3 Å². The third-order valence-electron chi connectivity index (χ3n) is 6.63. The fourth-order valence-corrected chi connectivity index (χ4v) is 5.86. The van der Waals surface area contributed by atoms with Crippen molar-refractivity contribution in [2.75, 3.05) is 22.6 Å². The van der Waals surface area contributed by atoms with Gasteiger partial charge in [-0.3, -0.25) is 14.5 Å². The first-order valence-electron chi connectivity index (χ1n) is 12.8. The van der Waals surface area contributed by atoms with E-state index >= 15 is 0 Å². The van der Waals surface area contributed by atoms with Gasteiger partial charge in [-0.15, -0.1) is 23.2 Å². The molecule has 42 heavy (non-hydrogen) atoms. The van der Waals surface area contributed by atoms with Crippen molar-refractivity contribution in [3.8, 4) is 0 Å². The molecule has 12 heteroatoms. The van der Waals surface area contributed by atoms with Gasteiger partial charge in [0.25, 0.3) is 5.91 Å². The molecule has 1 fully saturated rings. The van der Waals surface area contributed by atoms with Crippen LogP contribution < -0.4 is 15.5 Å². The summed E-state index contributed by atoms with van der Waals surface area (Å²) in [5, 5.41) is 6.31. The second-order valence-corrected chi connectivity index (χ2v) is 14.1. The molecule has 0 aliphatic heterocycles. The molecule has 1 aliphatic carbocycles. The summed E-state index contributed by atoms with van der Waals surface area (Å²) in [4.78, 5) is 40.2. The molecular weight excluding hydrogens is 688 g/mol. The summed E-state index contributed by atoms with van der Waals surface area (Å²) in [5.41, 5.74) is 2.44. The van der Waals surface area contributed by atoms with Crippen LogP contribution in [0.15, 0.2) is 59.1 Å². The molecule has 0 radical (unpaired) electrons. The highest BCUT2D eigenvalue weighted by Gasteiger charge is 2.67. The molecule has 3 aromatic rings. The van der Waals surface area contributed by atoms with Crippen LogP contribution in [0.25, 0.3) is 0 Å². The van der Waals surface area contributed by atoms with Crippen LogP contribution in [0.5, 0.6) is 0 Å². The number of nitrogens with zero attached hydrogens (tertiary/aromatic N) is 1. The predicted octanol–water partition coefficient (Wildman–Crippen LogP) is 9.21. The molecular formula is C30H28BrCl4N3O4. The van der Waals surface area contributed by atoms with E-state index in [9.17, 15) is 14.4 Å². The molecule has 2 N–H and O–H groups in total. The fourth-order valence-electron chi connectivity index (χ4n) is 4.39. The molecule has 0 saturated heterocycles. The van der Waals surface area contributed by atoms with E-state index < -0.39 is 39.7 Å². The van der Waals surface area contributed by atoms with E-state index in [0.29, 0.717) is 27.6 Å². The Hall–Kier alpha value is -2.49. The molecule has 0 bridgehead atoms. The highest BCUT2D eigenvalue weighted by atomic mass is 79.9. The first-order valence-corrected chi connectivity index (χ1v) is 15.1. The first kappa shape index (κ1) is 32.4. The Bertz CT molecular complexity index is 1570. The number of nitrogens with one attached hydrogen (secondary N) is 2. The largest absolute Gasteiger partial charge is 0.443 e.